The molecule has 0 spiro atoms. The molecule has 1 unspecified atom stereocenters. The van der Waals surface area contributed by atoms with E-state index in [0.29, 0.717) is 37.7 Å². The predicted molar refractivity (Wildman–Crippen MR) is 97.2 cm³/mol. The minimum atomic E-state index is -0.538. The molecule has 0 bridgehead atoms. The fourth-order valence-electron chi connectivity index (χ4n) is 3.01. The number of anilines is 2. The van der Waals surface area contributed by atoms with Crippen LogP contribution in [0.1, 0.15) is 0 Å². The van der Waals surface area contributed by atoms with Crippen LogP contribution in [0.15, 0.2) is 23.2 Å². The van der Waals surface area contributed by atoms with Gasteiger partial charge < -0.3 is 19.7 Å². The monoisotopic (exact) mass is 376 g/mol. The van der Waals surface area contributed by atoms with Crippen molar-refractivity contribution in [3.8, 4) is 6.19 Å². The Balaban J connectivity index is 1.63. The number of aliphatic imine (C=N–C) groups is 1. The molecule has 1 atom stereocenters. The third kappa shape index (κ3) is 4.38. The van der Waals surface area contributed by atoms with Crippen LogP contribution in [-0.2, 0) is 9.47 Å². The number of rotatable bonds is 4. The smallest absolute Gasteiger partial charge is 0.414 e. The van der Waals surface area contributed by atoms with Gasteiger partial charge in [-0.15, -0.1) is 0 Å². The molecule has 0 radical (unpaired) electrons. The Bertz CT molecular complexity index is 760. The van der Waals surface area contributed by atoms with Crippen LogP contribution in [0.5, 0.6) is 0 Å². The Labute approximate surface area is 156 Å². The van der Waals surface area contributed by atoms with E-state index in [2.05, 4.69) is 15.6 Å². The number of nitriles is 1. The number of amides is 1. The molecular formula is C17H21FN6O3. The number of ether oxygens (including phenoxy) is 2. The normalized spacial score (nSPS) is 20.3. The second-order valence-electron chi connectivity index (χ2n) is 6.04. The summed E-state index contributed by atoms with van der Waals surface area (Å²) in [6.07, 6.45) is 0.775. The molecule has 10 heteroatoms. The van der Waals surface area contributed by atoms with Gasteiger partial charge in [0.1, 0.15) is 11.9 Å². The maximum Gasteiger partial charge on any atom is 0.414 e. The molecule has 2 saturated heterocycles. The van der Waals surface area contributed by atoms with Gasteiger partial charge in [-0.05, 0) is 18.2 Å². The Hall–Kier alpha value is -3.06. The van der Waals surface area contributed by atoms with Gasteiger partial charge in [0.25, 0.3) is 0 Å². The molecule has 2 aliphatic heterocycles. The summed E-state index contributed by atoms with van der Waals surface area (Å²) in [5.41, 5.74) is 0.941. The highest BCUT2D eigenvalue weighted by Crippen LogP contribution is 2.28. The number of guanidine groups is 1. The summed E-state index contributed by atoms with van der Waals surface area (Å²) in [6.45, 7) is 2.95. The lowest BCUT2D eigenvalue weighted by Crippen LogP contribution is -2.40. The van der Waals surface area contributed by atoms with Crippen molar-refractivity contribution in [3.63, 3.8) is 0 Å². The van der Waals surface area contributed by atoms with Crippen molar-refractivity contribution in [2.24, 2.45) is 4.99 Å². The minimum absolute atomic E-state index is 0.270. The number of carbonyl (C=O) groups excluding carboxylic acids is 1. The zero-order valence-corrected chi connectivity index (χ0v) is 14.9. The van der Waals surface area contributed by atoms with E-state index in [0.717, 1.165) is 0 Å². The van der Waals surface area contributed by atoms with E-state index in [-0.39, 0.29) is 24.9 Å². The predicted octanol–water partition coefficient (Wildman–Crippen LogP) is 0.634. The number of hydrogen-bond acceptors (Lipinski definition) is 6. The van der Waals surface area contributed by atoms with Gasteiger partial charge in [-0.2, -0.15) is 5.26 Å². The first kappa shape index (κ1) is 18.7. The zero-order chi connectivity index (χ0) is 19.2. The number of hydrogen-bond donors (Lipinski definition) is 2. The highest BCUT2D eigenvalue weighted by atomic mass is 19.1. The van der Waals surface area contributed by atoms with Gasteiger partial charge in [0.2, 0.25) is 5.96 Å². The summed E-state index contributed by atoms with van der Waals surface area (Å²) in [5.74, 6) is -0.102. The van der Waals surface area contributed by atoms with E-state index in [1.54, 1.807) is 18.3 Å². The number of benzene rings is 1. The number of nitrogens with zero attached hydrogens (tertiary/aromatic N) is 4. The van der Waals surface area contributed by atoms with Gasteiger partial charge in [0.15, 0.2) is 6.19 Å². The van der Waals surface area contributed by atoms with E-state index in [9.17, 15) is 9.18 Å². The van der Waals surface area contributed by atoms with E-state index >= 15 is 0 Å². The van der Waals surface area contributed by atoms with E-state index in [1.807, 2.05) is 4.90 Å². The summed E-state index contributed by atoms with van der Waals surface area (Å²) in [5, 5.41) is 13.9. The Morgan fingerprint density at radius 1 is 1.44 bits per heavy atom. The Morgan fingerprint density at radius 2 is 2.22 bits per heavy atom. The topological polar surface area (TPSA) is 102 Å². The van der Waals surface area contributed by atoms with Crippen LogP contribution >= 0.6 is 0 Å². The molecule has 1 aromatic rings. The molecule has 144 valence electrons. The number of cyclic esters (lactones) is 1. The molecule has 0 aliphatic carbocycles. The maximum absolute atomic E-state index is 14.6. The number of nitrogens with one attached hydrogen (secondary N) is 2. The molecule has 0 saturated carbocycles. The third-order valence-corrected chi connectivity index (χ3v) is 4.36. The lowest BCUT2D eigenvalue weighted by molar-refractivity contribution is 0.122. The third-order valence-electron chi connectivity index (χ3n) is 4.36. The van der Waals surface area contributed by atoms with Gasteiger partial charge >= 0.3 is 6.09 Å². The average molecular weight is 376 g/mol. The molecule has 1 amide bonds. The van der Waals surface area contributed by atoms with Crippen molar-refractivity contribution < 1.29 is 18.7 Å². The van der Waals surface area contributed by atoms with Crippen LogP contribution in [0.2, 0.25) is 0 Å². The van der Waals surface area contributed by atoms with Crippen LogP contribution in [-0.4, -0.2) is 64.6 Å². The molecule has 9 nitrogen and oxygen atoms in total. The standard InChI is InChI=1S/C17H21FN6O3/c1-20-16(22-11-19)21-9-13-10-24(17(25)27-13)12-2-3-15(14(18)8-12)23-4-6-26-7-5-23/h2-3,8,13H,4-7,9-10H2,1H3,(H2,20,21,22). The van der Waals surface area contributed by atoms with Gasteiger partial charge in [-0.1, -0.05) is 0 Å². The second-order valence-corrected chi connectivity index (χ2v) is 6.04. The first-order chi connectivity index (χ1) is 13.1. The maximum atomic E-state index is 14.6. The van der Waals surface area contributed by atoms with Crippen molar-refractivity contribution in [1.82, 2.24) is 10.6 Å². The molecule has 27 heavy (non-hydrogen) atoms. The van der Waals surface area contributed by atoms with Crippen molar-refractivity contribution in [1.29, 1.82) is 5.26 Å². The molecule has 2 fully saturated rings. The van der Waals surface area contributed by atoms with Crippen molar-refractivity contribution in [3.05, 3.63) is 24.0 Å². The summed E-state index contributed by atoms with van der Waals surface area (Å²) >= 11 is 0. The Kier molecular flexibility index (Phi) is 5.93. The SMILES string of the molecule is CN=C(NC#N)NCC1CN(c2ccc(N3CCOCC3)c(F)c2)C(=O)O1. The van der Waals surface area contributed by atoms with Crippen molar-refractivity contribution in [2.45, 2.75) is 6.10 Å². The molecule has 1 aromatic carbocycles. The molecule has 2 N–H and O–H groups in total. The van der Waals surface area contributed by atoms with Gasteiger partial charge in [0, 0.05) is 20.1 Å². The van der Waals surface area contributed by atoms with Crippen LogP contribution in [0, 0.1) is 17.3 Å². The van der Waals surface area contributed by atoms with Crippen LogP contribution in [0.3, 0.4) is 0 Å². The highest BCUT2D eigenvalue weighted by molar-refractivity contribution is 5.90. The molecule has 2 heterocycles. The molecule has 0 aromatic heterocycles. The summed E-state index contributed by atoms with van der Waals surface area (Å²) in [4.78, 5) is 19.3. The fraction of sp³-hybridized carbons (Fsp3) is 0.471. The van der Waals surface area contributed by atoms with Crippen LogP contribution in [0.4, 0.5) is 20.6 Å². The molecule has 3 rings (SSSR count). The van der Waals surface area contributed by atoms with Crippen LogP contribution in [0.25, 0.3) is 0 Å². The highest BCUT2D eigenvalue weighted by Gasteiger charge is 2.33. The number of halogens is 1. The Morgan fingerprint density at radius 3 is 2.89 bits per heavy atom. The van der Waals surface area contributed by atoms with Gasteiger partial charge in [-0.25, -0.2) is 9.18 Å². The van der Waals surface area contributed by atoms with Crippen molar-refractivity contribution >= 4 is 23.4 Å². The zero-order valence-electron chi connectivity index (χ0n) is 14.9. The summed E-state index contributed by atoms with van der Waals surface area (Å²) < 4.78 is 25.2. The lowest BCUT2D eigenvalue weighted by atomic mass is 10.2. The first-order valence-corrected chi connectivity index (χ1v) is 8.58. The van der Waals surface area contributed by atoms with E-state index < -0.39 is 12.2 Å². The minimum Gasteiger partial charge on any atom is -0.442 e. The van der Waals surface area contributed by atoms with E-state index in [4.69, 9.17) is 14.7 Å². The fourth-order valence-corrected chi connectivity index (χ4v) is 3.01. The van der Waals surface area contributed by atoms with Crippen molar-refractivity contribution in [2.75, 3.05) is 56.2 Å². The molecular weight excluding hydrogens is 355 g/mol. The van der Waals surface area contributed by atoms with Gasteiger partial charge in [0.05, 0.1) is 37.7 Å². The summed E-state index contributed by atoms with van der Waals surface area (Å²) in [7, 11) is 1.53. The van der Waals surface area contributed by atoms with Crippen LogP contribution < -0.4 is 20.4 Å². The lowest BCUT2D eigenvalue weighted by Gasteiger charge is -2.29. The second kappa shape index (κ2) is 8.55. The first-order valence-electron chi connectivity index (χ1n) is 8.58. The largest absolute Gasteiger partial charge is 0.442 e. The summed E-state index contributed by atoms with van der Waals surface area (Å²) in [6, 6.07) is 4.73. The average Bonchev–Trinajstić information content (AvgIpc) is 3.06. The van der Waals surface area contributed by atoms with E-state index in [1.165, 1.54) is 18.0 Å². The number of carbonyl (C=O) groups is 1. The van der Waals surface area contributed by atoms with Gasteiger partial charge in [-0.3, -0.25) is 15.2 Å². The number of morpholine rings is 1. The molecule has 2 aliphatic rings. The quantitative estimate of drug-likeness (QED) is 0.344.